The smallest absolute Gasteiger partial charge is 0.0907 e. The van der Waals surface area contributed by atoms with E-state index >= 15 is 0 Å². The van der Waals surface area contributed by atoms with Crippen LogP contribution in [-0.4, -0.2) is 4.98 Å². The number of nitrogens with zero attached hydrogens (tertiary/aromatic N) is 1. The van der Waals surface area contributed by atoms with Crippen LogP contribution in [0.15, 0.2) is 48.5 Å². The molecular formula is C16H13NS. The Balaban J connectivity index is 1.93. The molecule has 18 heavy (non-hydrogen) atoms. The number of benzene rings is 2. The molecule has 88 valence electrons. The van der Waals surface area contributed by atoms with Crippen LogP contribution in [0, 0.1) is 6.92 Å². The number of fused-ring (bicyclic) bond motifs is 1. The summed E-state index contributed by atoms with van der Waals surface area (Å²) < 4.78 is 1.25. The van der Waals surface area contributed by atoms with Gasteiger partial charge in [-0.2, -0.15) is 0 Å². The molecule has 1 heterocycles. The van der Waals surface area contributed by atoms with E-state index in [2.05, 4.69) is 47.5 Å². The molecule has 0 atom stereocenters. The lowest BCUT2D eigenvalue weighted by molar-refractivity contribution is 1.35. The van der Waals surface area contributed by atoms with Gasteiger partial charge in [-0.1, -0.05) is 48.6 Å². The molecule has 0 aliphatic heterocycles. The second-order valence-electron chi connectivity index (χ2n) is 4.20. The van der Waals surface area contributed by atoms with Crippen LogP contribution in [0.25, 0.3) is 22.4 Å². The van der Waals surface area contributed by atoms with Gasteiger partial charge in [-0.25, -0.2) is 4.98 Å². The van der Waals surface area contributed by atoms with Gasteiger partial charge < -0.3 is 0 Å². The van der Waals surface area contributed by atoms with E-state index in [0.717, 1.165) is 10.5 Å². The number of hydrogen-bond acceptors (Lipinski definition) is 2. The van der Waals surface area contributed by atoms with Crippen molar-refractivity contribution in [1.82, 2.24) is 4.98 Å². The summed E-state index contributed by atoms with van der Waals surface area (Å²) in [5.74, 6) is 0. The maximum Gasteiger partial charge on any atom is 0.0907 e. The van der Waals surface area contributed by atoms with Gasteiger partial charge in [0.2, 0.25) is 0 Å². The quantitative estimate of drug-likeness (QED) is 0.597. The fraction of sp³-hybridized carbons (Fsp3) is 0.0625. The van der Waals surface area contributed by atoms with Crippen LogP contribution >= 0.6 is 11.3 Å². The van der Waals surface area contributed by atoms with Crippen LogP contribution in [0.3, 0.4) is 0 Å². The van der Waals surface area contributed by atoms with E-state index in [4.69, 9.17) is 0 Å². The van der Waals surface area contributed by atoms with Crippen molar-refractivity contribution in [3.63, 3.8) is 0 Å². The van der Waals surface area contributed by atoms with Gasteiger partial charge in [-0.05, 0) is 30.2 Å². The Bertz CT molecular complexity index is 695. The molecule has 0 N–H and O–H groups in total. The molecule has 0 unspecified atom stereocenters. The topological polar surface area (TPSA) is 12.9 Å². The third-order valence-corrected chi connectivity index (χ3v) is 3.74. The van der Waals surface area contributed by atoms with Crippen LogP contribution in [0.1, 0.15) is 16.1 Å². The Labute approximate surface area is 110 Å². The van der Waals surface area contributed by atoms with Crippen LogP contribution in [0.4, 0.5) is 0 Å². The summed E-state index contributed by atoms with van der Waals surface area (Å²) in [7, 11) is 0. The molecule has 0 aliphatic carbocycles. The molecule has 2 heteroatoms. The number of aryl methyl sites for hydroxylation is 1. The molecule has 2 aromatic carbocycles. The zero-order chi connectivity index (χ0) is 12.4. The van der Waals surface area contributed by atoms with E-state index in [0.29, 0.717) is 0 Å². The first-order chi connectivity index (χ1) is 8.81. The summed E-state index contributed by atoms with van der Waals surface area (Å²) in [6.45, 7) is 2.05. The largest absolute Gasteiger partial charge is 0.241 e. The molecule has 0 aliphatic rings. The second kappa shape index (κ2) is 4.75. The predicted molar refractivity (Wildman–Crippen MR) is 79.7 cm³/mol. The highest BCUT2D eigenvalue weighted by molar-refractivity contribution is 7.18. The first kappa shape index (κ1) is 11.2. The Kier molecular flexibility index (Phi) is 2.95. The van der Waals surface area contributed by atoms with Crippen molar-refractivity contribution in [3.8, 4) is 0 Å². The van der Waals surface area contributed by atoms with E-state index in [9.17, 15) is 0 Å². The standard InChI is InChI=1S/C16H13NS/c1-12-17-15-11-14(9-10-16(15)18-12)8-7-13-5-3-2-4-6-13/h2-11H,1H3. The number of hydrogen-bond donors (Lipinski definition) is 0. The molecule has 0 fully saturated rings. The predicted octanol–water partition coefficient (Wildman–Crippen LogP) is 4.78. The van der Waals surface area contributed by atoms with E-state index in [1.165, 1.54) is 15.8 Å². The van der Waals surface area contributed by atoms with Gasteiger partial charge in [0, 0.05) is 0 Å². The van der Waals surface area contributed by atoms with E-state index < -0.39 is 0 Å². The minimum absolute atomic E-state index is 1.09. The summed E-state index contributed by atoms with van der Waals surface area (Å²) in [4.78, 5) is 4.51. The molecule has 3 aromatic rings. The van der Waals surface area contributed by atoms with Crippen molar-refractivity contribution in [3.05, 3.63) is 64.7 Å². The van der Waals surface area contributed by atoms with E-state index in [1.54, 1.807) is 11.3 Å². The third kappa shape index (κ3) is 2.34. The van der Waals surface area contributed by atoms with Gasteiger partial charge in [-0.15, -0.1) is 11.3 Å². The highest BCUT2D eigenvalue weighted by atomic mass is 32.1. The summed E-state index contributed by atoms with van der Waals surface area (Å²) in [6.07, 6.45) is 4.25. The minimum atomic E-state index is 1.09. The summed E-state index contributed by atoms with van der Waals surface area (Å²) in [6, 6.07) is 16.7. The number of thiazole rings is 1. The van der Waals surface area contributed by atoms with Crippen molar-refractivity contribution in [1.29, 1.82) is 0 Å². The maximum absolute atomic E-state index is 4.51. The summed E-state index contributed by atoms with van der Waals surface area (Å²) in [5, 5.41) is 1.12. The Morgan fingerprint density at radius 3 is 2.56 bits per heavy atom. The average Bonchev–Trinajstić information content (AvgIpc) is 2.77. The van der Waals surface area contributed by atoms with Crippen molar-refractivity contribution in [2.75, 3.05) is 0 Å². The monoisotopic (exact) mass is 251 g/mol. The fourth-order valence-electron chi connectivity index (χ4n) is 1.92. The molecule has 1 aromatic heterocycles. The van der Waals surface area contributed by atoms with Crippen LogP contribution in [0.5, 0.6) is 0 Å². The van der Waals surface area contributed by atoms with Crippen molar-refractivity contribution < 1.29 is 0 Å². The minimum Gasteiger partial charge on any atom is -0.241 e. The molecule has 0 spiro atoms. The van der Waals surface area contributed by atoms with Gasteiger partial charge >= 0.3 is 0 Å². The van der Waals surface area contributed by atoms with Crippen molar-refractivity contribution in [2.24, 2.45) is 0 Å². The average molecular weight is 251 g/mol. The molecule has 1 nitrogen and oxygen atoms in total. The first-order valence-electron chi connectivity index (χ1n) is 5.91. The molecular weight excluding hydrogens is 238 g/mol. The highest BCUT2D eigenvalue weighted by Gasteiger charge is 1.99. The molecule has 3 rings (SSSR count). The van der Waals surface area contributed by atoms with Crippen molar-refractivity contribution in [2.45, 2.75) is 6.92 Å². The molecule has 0 amide bonds. The SMILES string of the molecule is Cc1nc2cc(C=Cc3ccccc3)ccc2s1. The highest BCUT2D eigenvalue weighted by Crippen LogP contribution is 2.23. The Hall–Kier alpha value is -1.93. The van der Waals surface area contributed by atoms with E-state index in [-0.39, 0.29) is 0 Å². The lowest BCUT2D eigenvalue weighted by Crippen LogP contribution is -1.74. The first-order valence-corrected chi connectivity index (χ1v) is 6.73. The number of aromatic nitrogens is 1. The van der Waals surface area contributed by atoms with Crippen LogP contribution < -0.4 is 0 Å². The molecule has 0 radical (unpaired) electrons. The second-order valence-corrected chi connectivity index (χ2v) is 5.44. The zero-order valence-electron chi connectivity index (χ0n) is 10.1. The lowest BCUT2D eigenvalue weighted by Gasteiger charge is -1.94. The molecule has 0 bridgehead atoms. The van der Waals surface area contributed by atoms with E-state index in [1.807, 2.05) is 25.1 Å². The van der Waals surface area contributed by atoms with Gasteiger partial charge in [0.05, 0.1) is 15.2 Å². The van der Waals surface area contributed by atoms with Gasteiger partial charge in [0.25, 0.3) is 0 Å². The Morgan fingerprint density at radius 1 is 0.944 bits per heavy atom. The van der Waals surface area contributed by atoms with Crippen molar-refractivity contribution >= 4 is 33.7 Å². The lowest BCUT2D eigenvalue weighted by atomic mass is 10.1. The summed E-state index contributed by atoms with van der Waals surface area (Å²) in [5.41, 5.74) is 3.50. The number of rotatable bonds is 2. The van der Waals surface area contributed by atoms with Crippen LogP contribution in [-0.2, 0) is 0 Å². The summed E-state index contributed by atoms with van der Waals surface area (Å²) >= 11 is 1.74. The maximum atomic E-state index is 4.51. The molecule has 0 saturated carbocycles. The normalized spacial score (nSPS) is 11.4. The van der Waals surface area contributed by atoms with Gasteiger partial charge in [0.1, 0.15) is 0 Å². The fourth-order valence-corrected chi connectivity index (χ4v) is 2.73. The zero-order valence-corrected chi connectivity index (χ0v) is 10.9. The third-order valence-electron chi connectivity index (χ3n) is 2.79. The molecule has 0 saturated heterocycles. The van der Waals surface area contributed by atoms with Gasteiger partial charge in [-0.3, -0.25) is 0 Å². The van der Waals surface area contributed by atoms with Crippen LogP contribution in [0.2, 0.25) is 0 Å². The van der Waals surface area contributed by atoms with Gasteiger partial charge in [0.15, 0.2) is 0 Å². The Morgan fingerprint density at radius 2 is 1.72 bits per heavy atom.